The van der Waals surface area contributed by atoms with E-state index < -0.39 is 0 Å². The maximum Gasteiger partial charge on any atom is 0.252 e. The first kappa shape index (κ1) is 20.0. The highest BCUT2D eigenvalue weighted by Gasteiger charge is 2.11. The molecule has 0 atom stereocenters. The van der Waals surface area contributed by atoms with Gasteiger partial charge in [0.2, 0.25) is 0 Å². The average molecular weight is 377 g/mol. The van der Waals surface area contributed by atoms with Gasteiger partial charge >= 0.3 is 0 Å². The fourth-order valence-corrected chi connectivity index (χ4v) is 4.19. The Hall–Kier alpha value is -1.33. The minimum absolute atomic E-state index is 0.0311. The quantitative estimate of drug-likeness (QED) is 0.400. The smallest absolute Gasteiger partial charge is 0.252 e. The van der Waals surface area contributed by atoms with E-state index in [1.165, 1.54) is 25.7 Å². The molecule has 1 amide bonds. The van der Waals surface area contributed by atoms with Crippen LogP contribution in [0.15, 0.2) is 40.1 Å². The van der Waals surface area contributed by atoms with Gasteiger partial charge in [-0.15, -0.1) is 23.1 Å². The number of thiazole rings is 1. The Morgan fingerprint density at radius 2 is 2.00 bits per heavy atom. The Kier molecular flexibility index (Phi) is 9.05. The molecule has 1 heterocycles. The number of carbonyl (C=O) groups excluding carboxylic acids is 1. The van der Waals surface area contributed by atoms with Gasteiger partial charge in [-0.3, -0.25) is 4.79 Å². The number of nitrogens with one attached hydrogen (secondary N) is 1. The SMILES string of the molecule is CC(C)CCCCCCNC(=O)c1ccccc1SCc1cscn1. The summed E-state index contributed by atoms with van der Waals surface area (Å²) in [6, 6.07) is 7.82. The molecule has 136 valence electrons. The third kappa shape index (κ3) is 7.61. The summed E-state index contributed by atoms with van der Waals surface area (Å²) in [5.74, 6) is 1.62. The molecular weight excluding hydrogens is 348 g/mol. The Bertz CT molecular complexity index is 626. The number of amides is 1. The van der Waals surface area contributed by atoms with E-state index in [1.54, 1.807) is 23.1 Å². The second-order valence-electron chi connectivity index (χ2n) is 6.62. The standard InChI is InChI=1S/C20H28N2OS2/c1-16(2)9-5-3-4-8-12-21-20(23)18-10-6-7-11-19(18)25-14-17-13-24-15-22-17/h6-7,10-11,13,15-16H,3-5,8-9,12,14H2,1-2H3,(H,21,23). The lowest BCUT2D eigenvalue weighted by atomic mass is 10.0. The Balaban J connectivity index is 1.73. The molecule has 0 spiro atoms. The number of unbranched alkanes of at least 4 members (excludes halogenated alkanes) is 3. The zero-order chi connectivity index (χ0) is 17.9. The van der Waals surface area contributed by atoms with E-state index in [9.17, 15) is 4.79 Å². The van der Waals surface area contributed by atoms with Gasteiger partial charge in [-0.25, -0.2) is 4.98 Å². The van der Waals surface area contributed by atoms with Crippen molar-refractivity contribution in [2.75, 3.05) is 6.54 Å². The number of rotatable bonds is 11. The first-order valence-corrected chi connectivity index (χ1v) is 11.0. The molecule has 1 aromatic carbocycles. The predicted molar refractivity (Wildman–Crippen MR) is 108 cm³/mol. The van der Waals surface area contributed by atoms with Crippen LogP contribution in [0, 0.1) is 5.92 Å². The molecule has 0 unspecified atom stereocenters. The summed E-state index contributed by atoms with van der Waals surface area (Å²) in [5, 5.41) is 5.12. The second kappa shape index (κ2) is 11.3. The Morgan fingerprint density at radius 3 is 2.76 bits per heavy atom. The number of benzene rings is 1. The molecule has 1 aromatic heterocycles. The maximum atomic E-state index is 12.5. The monoisotopic (exact) mass is 376 g/mol. The number of nitrogens with zero attached hydrogens (tertiary/aromatic N) is 1. The highest BCUT2D eigenvalue weighted by atomic mass is 32.2. The molecule has 0 aliphatic rings. The molecule has 2 rings (SSSR count). The van der Waals surface area contributed by atoms with E-state index in [0.29, 0.717) is 0 Å². The van der Waals surface area contributed by atoms with Gasteiger partial charge in [0.25, 0.3) is 5.91 Å². The summed E-state index contributed by atoms with van der Waals surface area (Å²) in [6.45, 7) is 5.29. The van der Waals surface area contributed by atoms with Gasteiger partial charge in [-0.1, -0.05) is 51.7 Å². The van der Waals surface area contributed by atoms with Crippen LogP contribution < -0.4 is 5.32 Å². The zero-order valence-corrected chi connectivity index (χ0v) is 16.8. The first-order chi connectivity index (χ1) is 12.2. The van der Waals surface area contributed by atoms with Gasteiger partial charge in [0.1, 0.15) is 0 Å². The minimum atomic E-state index is 0.0311. The highest BCUT2D eigenvalue weighted by Crippen LogP contribution is 2.26. The van der Waals surface area contributed by atoms with Crippen LogP contribution in [0.3, 0.4) is 0 Å². The molecular formula is C20H28N2OS2. The number of hydrogen-bond acceptors (Lipinski definition) is 4. The van der Waals surface area contributed by atoms with E-state index in [2.05, 4.69) is 29.5 Å². The van der Waals surface area contributed by atoms with Gasteiger partial charge < -0.3 is 5.32 Å². The molecule has 0 aliphatic heterocycles. The lowest BCUT2D eigenvalue weighted by Gasteiger charge is -2.10. The van der Waals surface area contributed by atoms with Gasteiger partial charge in [0.15, 0.2) is 0 Å². The van der Waals surface area contributed by atoms with Crippen LogP contribution in [0.5, 0.6) is 0 Å². The van der Waals surface area contributed by atoms with Gasteiger partial charge in [-0.05, 0) is 24.5 Å². The fourth-order valence-electron chi connectivity index (χ4n) is 2.57. The van der Waals surface area contributed by atoms with Crippen molar-refractivity contribution in [1.82, 2.24) is 10.3 Å². The largest absolute Gasteiger partial charge is 0.352 e. The van der Waals surface area contributed by atoms with Crippen LogP contribution in [-0.2, 0) is 5.75 Å². The van der Waals surface area contributed by atoms with E-state index in [-0.39, 0.29) is 5.91 Å². The Labute approximate surface area is 159 Å². The molecule has 0 bridgehead atoms. The summed E-state index contributed by atoms with van der Waals surface area (Å²) in [7, 11) is 0. The highest BCUT2D eigenvalue weighted by molar-refractivity contribution is 7.98. The molecule has 0 radical (unpaired) electrons. The third-order valence-electron chi connectivity index (χ3n) is 3.98. The van der Waals surface area contributed by atoms with Crippen LogP contribution in [0.4, 0.5) is 0 Å². The number of thioether (sulfide) groups is 1. The van der Waals surface area contributed by atoms with E-state index in [0.717, 1.165) is 40.8 Å². The molecule has 3 nitrogen and oxygen atoms in total. The van der Waals surface area contributed by atoms with Crippen LogP contribution in [0.1, 0.15) is 62.0 Å². The van der Waals surface area contributed by atoms with Crippen molar-refractivity contribution in [2.24, 2.45) is 5.92 Å². The van der Waals surface area contributed by atoms with Crippen molar-refractivity contribution >= 4 is 29.0 Å². The lowest BCUT2D eigenvalue weighted by molar-refractivity contribution is 0.0950. The third-order valence-corrected chi connectivity index (χ3v) is 5.73. The number of carbonyl (C=O) groups is 1. The van der Waals surface area contributed by atoms with Crippen molar-refractivity contribution in [3.63, 3.8) is 0 Å². The topological polar surface area (TPSA) is 42.0 Å². The summed E-state index contributed by atoms with van der Waals surface area (Å²) in [6.07, 6.45) is 6.09. The maximum absolute atomic E-state index is 12.5. The van der Waals surface area contributed by atoms with Gasteiger partial charge in [-0.2, -0.15) is 0 Å². The van der Waals surface area contributed by atoms with Crippen molar-refractivity contribution in [3.05, 3.63) is 46.4 Å². The summed E-state index contributed by atoms with van der Waals surface area (Å²) < 4.78 is 0. The number of aromatic nitrogens is 1. The van der Waals surface area contributed by atoms with Crippen LogP contribution in [-0.4, -0.2) is 17.4 Å². The zero-order valence-electron chi connectivity index (χ0n) is 15.2. The molecule has 0 saturated heterocycles. The summed E-state index contributed by atoms with van der Waals surface area (Å²) in [5.41, 5.74) is 3.67. The van der Waals surface area contributed by atoms with Crippen LogP contribution >= 0.6 is 23.1 Å². The molecule has 0 saturated carbocycles. The van der Waals surface area contributed by atoms with Crippen molar-refractivity contribution in [3.8, 4) is 0 Å². The average Bonchev–Trinajstić information content (AvgIpc) is 3.12. The van der Waals surface area contributed by atoms with E-state index >= 15 is 0 Å². The van der Waals surface area contributed by atoms with E-state index in [1.807, 2.05) is 29.8 Å². The summed E-state index contributed by atoms with van der Waals surface area (Å²) >= 11 is 3.27. The van der Waals surface area contributed by atoms with Crippen molar-refractivity contribution < 1.29 is 4.79 Å². The van der Waals surface area contributed by atoms with Crippen LogP contribution in [0.2, 0.25) is 0 Å². The van der Waals surface area contributed by atoms with Crippen LogP contribution in [0.25, 0.3) is 0 Å². The molecule has 2 aromatic rings. The molecule has 0 fully saturated rings. The molecule has 5 heteroatoms. The summed E-state index contributed by atoms with van der Waals surface area (Å²) in [4.78, 5) is 17.8. The van der Waals surface area contributed by atoms with Gasteiger partial charge in [0, 0.05) is 22.6 Å². The second-order valence-corrected chi connectivity index (χ2v) is 8.35. The predicted octanol–water partition coefficient (Wildman–Crippen LogP) is 5.77. The van der Waals surface area contributed by atoms with Gasteiger partial charge in [0.05, 0.1) is 16.8 Å². The molecule has 1 N–H and O–H groups in total. The fraction of sp³-hybridized carbons (Fsp3) is 0.500. The first-order valence-electron chi connectivity index (χ1n) is 9.04. The molecule has 25 heavy (non-hydrogen) atoms. The normalized spacial score (nSPS) is 11.0. The van der Waals surface area contributed by atoms with Crippen molar-refractivity contribution in [1.29, 1.82) is 0 Å². The van der Waals surface area contributed by atoms with Crippen molar-refractivity contribution in [2.45, 2.75) is 56.6 Å². The number of hydrogen-bond donors (Lipinski definition) is 1. The lowest BCUT2D eigenvalue weighted by Crippen LogP contribution is -2.24. The minimum Gasteiger partial charge on any atom is -0.352 e. The van der Waals surface area contributed by atoms with E-state index in [4.69, 9.17) is 0 Å². The Morgan fingerprint density at radius 1 is 1.20 bits per heavy atom. The molecule has 0 aliphatic carbocycles.